The van der Waals surface area contributed by atoms with Crippen LogP contribution in [0.5, 0.6) is 0 Å². The van der Waals surface area contributed by atoms with E-state index >= 15 is 0 Å². The topological polar surface area (TPSA) is 425 Å². The summed E-state index contributed by atoms with van der Waals surface area (Å²) < 4.78 is 68.7. The predicted molar refractivity (Wildman–Crippen MR) is 288 cm³/mol. The molecule has 34 unspecified atom stereocenters. The first-order valence-electron chi connectivity index (χ1n) is 30.9. The van der Waals surface area contributed by atoms with Gasteiger partial charge in [-0.3, -0.25) is 0 Å². The molecule has 86 heavy (non-hydrogen) atoms. The normalized spacial score (nSPS) is 57.1. The summed E-state index contributed by atoms with van der Waals surface area (Å²) in [6, 6.07) is 0. The van der Waals surface area contributed by atoms with Gasteiger partial charge in [0.15, 0.2) is 31.5 Å². The van der Waals surface area contributed by atoms with Crippen molar-refractivity contribution in [1.29, 1.82) is 0 Å². The van der Waals surface area contributed by atoms with Crippen molar-refractivity contribution in [2.45, 2.75) is 265 Å². The van der Waals surface area contributed by atoms with E-state index in [1.54, 1.807) is 0 Å². The number of aliphatic hydroxyl groups excluding tert-OH is 16. The minimum Gasteiger partial charge on any atom is -0.491 e. The van der Waals surface area contributed by atoms with E-state index in [2.05, 4.69) is 48.1 Å². The van der Waals surface area contributed by atoms with Crippen molar-refractivity contribution in [1.82, 2.24) is 0 Å². The fourth-order valence-corrected chi connectivity index (χ4v) is 19.0. The van der Waals surface area contributed by atoms with E-state index in [0.717, 1.165) is 38.5 Å². The van der Waals surface area contributed by atoms with Crippen LogP contribution in [-0.2, 0) is 52.1 Å². The van der Waals surface area contributed by atoms with Crippen LogP contribution < -0.4 is 0 Å². The average Bonchev–Trinajstić information content (AvgIpc) is 1.33. The highest BCUT2D eigenvalue weighted by Gasteiger charge is 2.82. The van der Waals surface area contributed by atoms with Crippen molar-refractivity contribution >= 4 is 0 Å². The van der Waals surface area contributed by atoms with Crippen LogP contribution in [0.4, 0.5) is 0 Å². The molecular weight excluding hydrogens is 1140 g/mol. The Hall–Kier alpha value is -1.50. The molecule has 0 aromatic carbocycles. The zero-order chi connectivity index (χ0) is 62.3. The largest absolute Gasteiger partial charge is 0.491 e. The second kappa shape index (κ2) is 23.8. The highest BCUT2D eigenvalue weighted by Crippen LogP contribution is 2.82. The maximum Gasteiger partial charge on any atom is 0.187 e. The van der Waals surface area contributed by atoms with E-state index in [1.165, 1.54) is 0 Å². The van der Waals surface area contributed by atoms with Gasteiger partial charge in [0.25, 0.3) is 0 Å². The molecule has 5 aliphatic carbocycles. The summed E-state index contributed by atoms with van der Waals surface area (Å²) in [6.45, 7) is 14.4. The van der Waals surface area contributed by atoms with Crippen LogP contribution in [0.3, 0.4) is 0 Å². The molecule has 27 nitrogen and oxygen atoms in total. The van der Waals surface area contributed by atoms with Gasteiger partial charge < -0.3 is 134 Å². The molecule has 16 N–H and O–H groups in total. The van der Waals surface area contributed by atoms with Crippen LogP contribution in [-0.4, -0.2) is 280 Å². The SMILES string of the molecule is C=C1OC23CCC4C5(C)CCC(OC6OCC(OC7OC(CO)C(O)C(OC8OC(CO)C(O)C(O)C8O)C7OC7OCC(O)C(O)C7O)C(O)C6OC6OC(CO)C(O)C(O)C6O)C(C)(C)C5CCC4(C)C2(C)CC(O)C12CCC(C)(CO)CC23. The molecule has 34 atom stereocenters. The smallest absolute Gasteiger partial charge is 0.187 e. The fourth-order valence-electron chi connectivity index (χ4n) is 19.0. The lowest BCUT2D eigenvalue weighted by Gasteiger charge is -2.74. The molecule has 6 saturated heterocycles. The van der Waals surface area contributed by atoms with Gasteiger partial charge in [0.2, 0.25) is 0 Å². The summed E-state index contributed by atoms with van der Waals surface area (Å²) in [4.78, 5) is 0. The van der Waals surface area contributed by atoms with Crippen molar-refractivity contribution in [2.75, 3.05) is 39.6 Å². The molecule has 6 heterocycles. The van der Waals surface area contributed by atoms with E-state index in [-0.39, 0.29) is 40.6 Å². The Bertz CT molecular complexity index is 2390. The molecule has 27 heteroatoms. The number of rotatable bonds is 14. The van der Waals surface area contributed by atoms with Crippen LogP contribution >= 0.6 is 0 Å². The van der Waals surface area contributed by atoms with Gasteiger partial charge in [0.05, 0.1) is 56.4 Å². The van der Waals surface area contributed by atoms with Crippen molar-refractivity contribution in [3.63, 3.8) is 0 Å². The van der Waals surface area contributed by atoms with E-state index in [9.17, 15) is 81.7 Å². The van der Waals surface area contributed by atoms with Crippen LogP contribution in [0, 0.1) is 50.2 Å². The van der Waals surface area contributed by atoms with Crippen molar-refractivity contribution < 1.29 is 134 Å². The summed E-state index contributed by atoms with van der Waals surface area (Å²) in [5, 5.41) is 176. The first-order valence-corrected chi connectivity index (χ1v) is 30.9. The lowest BCUT2D eigenvalue weighted by atomic mass is 9.30. The lowest BCUT2D eigenvalue weighted by Crippen LogP contribution is -2.74. The van der Waals surface area contributed by atoms with Gasteiger partial charge in [-0.25, -0.2) is 0 Å². The third-order valence-electron chi connectivity index (χ3n) is 24.3. The minimum atomic E-state index is -2.03. The highest BCUT2D eigenvalue weighted by atomic mass is 16.8. The number of aliphatic hydroxyl groups is 16. The van der Waals surface area contributed by atoms with E-state index in [1.807, 2.05) is 0 Å². The molecular formula is C59H96O27. The van der Waals surface area contributed by atoms with Gasteiger partial charge in [-0.1, -0.05) is 48.1 Å². The Morgan fingerprint density at radius 1 is 0.477 bits per heavy atom. The molecule has 0 aromatic heterocycles. The summed E-state index contributed by atoms with van der Waals surface area (Å²) in [5.41, 5.74) is -3.06. The average molecular weight is 1240 g/mol. The van der Waals surface area contributed by atoms with Gasteiger partial charge in [0, 0.05) is 17.9 Å². The Labute approximate surface area is 499 Å². The molecule has 494 valence electrons. The number of ether oxygens (including phenoxy) is 11. The summed E-state index contributed by atoms with van der Waals surface area (Å²) in [5.74, 6) is 0.917. The molecule has 1 spiro atoms. The molecule has 2 bridgehead atoms. The molecule has 0 radical (unpaired) electrons. The third-order valence-corrected chi connectivity index (χ3v) is 24.3. The van der Waals surface area contributed by atoms with E-state index in [0.29, 0.717) is 31.4 Å². The van der Waals surface area contributed by atoms with Crippen LogP contribution in [0.2, 0.25) is 0 Å². The standard InChI is InChI=1S/C59H96O27/c1-24-58-15-14-54(4,23-63)16-32(58)59(86-24)13-9-31-55(5)11-10-34(53(2,3)30(55)8-12-56(31,6)57(59,7)17-33(58)65)82-51-46(84-50-44(75)41(72)37(68)27(19-61)79-50)39(70)29(22-77-51)81-52-47(85-48-42(73)35(66)25(64)21-76-48)45(38(69)28(20-62)80-52)83-49-43(74)40(71)36(67)26(18-60)78-49/h25-52,60-75H,1,8-23H2,2-7H3. The highest BCUT2D eigenvalue weighted by molar-refractivity contribution is 5.35. The summed E-state index contributed by atoms with van der Waals surface area (Å²) in [6.07, 6.45) is -35.3. The summed E-state index contributed by atoms with van der Waals surface area (Å²) >= 11 is 0. The molecule has 6 aliphatic heterocycles. The third kappa shape index (κ3) is 10.1. The quantitative estimate of drug-likeness (QED) is 0.0743. The zero-order valence-electron chi connectivity index (χ0n) is 49.8. The molecule has 0 amide bonds. The van der Waals surface area contributed by atoms with Gasteiger partial charge in [-0.2, -0.15) is 0 Å². The van der Waals surface area contributed by atoms with E-state index in [4.69, 9.17) is 52.1 Å². The van der Waals surface area contributed by atoms with Crippen molar-refractivity contribution in [3.8, 4) is 0 Å². The van der Waals surface area contributed by atoms with Gasteiger partial charge in [-0.15, -0.1) is 0 Å². The van der Waals surface area contributed by atoms with Gasteiger partial charge >= 0.3 is 0 Å². The number of hydrogen-bond acceptors (Lipinski definition) is 27. The van der Waals surface area contributed by atoms with Gasteiger partial charge in [0.1, 0.15) is 115 Å². The van der Waals surface area contributed by atoms with Crippen molar-refractivity contribution in [2.24, 2.45) is 50.2 Å². The summed E-state index contributed by atoms with van der Waals surface area (Å²) in [7, 11) is 0. The maximum absolute atomic E-state index is 12.7. The predicted octanol–water partition coefficient (Wildman–Crippen LogP) is -3.76. The molecule has 11 aliphatic rings. The van der Waals surface area contributed by atoms with E-state index < -0.39 is 208 Å². The monoisotopic (exact) mass is 1240 g/mol. The van der Waals surface area contributed by atoms with Crippen LogP contribution in [0.25, 0.3) is 0 Å². The number of hydrogen-bond donors (Lipinski definition) is 16. The Morgan fingerprint density at radius 3 is 1.65 bits per heavy atom. The first kappa shape index (κ1) is 66.0. The Kier molecular flexibility index (Phi) is 18.3. The first-order chi connectivity index (χ1) is 40.5. The Morgan fingerprint density at radius 2 is 1.03 bits per heavy atom. The molecule has 0 aromatic rings. The lowest BCUT2D eigenvalue weighted by molar-refractivity contribution is -0.404. The molecule has 5 saturated carbocycles. The minimum absolute atomic E-state index is 0.0117. The molecule has 11 fully saturated rings. The van der Waals surface area contributed by atoms with Crippen LogP contribution in [0.1, 0.15) is 106 Å². The van der Waals surface area contributed by atoms with Gasteiger partial charge in [-0.05, 0) is 97.7 Å². The zero-order valence-corrected chi connectivity index (χ0v) is 49.8. The number of fused-ring (bicyclic) bond motifs is 4. The second-order valence-electron chi connectivity index (χ2n) is 28.9. The molecule has 11 rings (SSSR count). The fraction of sp³-hybridized carbons (Fsp3) is 0.966. The maximum atomic E-state index is 12.7. The van der Waals surface area contributed by atoms with Crippen LogP contribution in [0.15, 0.2) is 12.3 Å². The second-order valence-corrected chi connectivity index (χ2v) is 28.9. The van der Waals surface area contributed by atoms with Crippen molar-refractivity contribution in [3.05, 3.63) is 12.3 Å². The Balaban J connectivity index is 0.870.